The van der Waals surface area contributed by atoms with Crippen molar-refractivity contribution in [2.24, 2.45) is 0 Å². The van der Waals surface area contributed by atoms with Crippen LogP contribution in [-0.4, -0.2) is 24.2 Å². The molecule has 1 aromatic rings. The molecule has 1 fully saturated rings. The highest BCUT2D eigenvalue weighted by Crippen LogP contribution is 2.28. The second-order valence-electron chi connectivity index (χ2n) is 5.06. The molecule has 1 saturated carbocycles. The summed E-state index contributed by atoms with van der Waals surface area (Å²) in [4.78, 5) is 10.4. The molecule has 1 aliphatic rings. The van der Waals surface area contributed by atoms with Crippen LogP contribution in [0.25, 0.3) is 0 Å². The summed E-state index contributed by atoms with van der Waals surface area (Å²) in [7, 11) is 1.71. The zero-order valence-electron chi connectivity index (χ0n) is 11.6. The molecule has 2 N–H and O–H groups in total. The largest absolute Gasteiger partial charge is 0.393 e. The predicted octanol–water partition coefficient (Wildman–Crippen LogP) is 2.65. The molecule has 0 aliphatic heterocycles. The first-order valence-electron chi connectivity index (χ1n) is 6.78. The number of hydrogen-bond donors (Lipinski definition) is 1. The zero-order chi connectivity index (χ0) is 14.5. The molecule has 1 aliphatic carbocycles. The molecule has 0 radical (unpaired) electrons. The van der Waals surface area contributed by atoms with Crippen LogP contribution in [0.15, 0.2) is 18.2 Å². The van der Waals surface area contributed by atoms with Gasteiger partial charge in [0.25, 0.3) is 5.69 Å². The van der Waals surface area contributed by atoms with Gasteiger partial charge in [0.2, 0.25) is 0 Å². The Morgan fingerprint density at radius 3 is 2.85 bits per heavy atom. The van der Waals surface area contributed by atoms with E-state index in [1.807, 2.05) is 0 Å². The summed E-state index contributed by atoms with van der Waals surface area (Å²) in [5.41, 5.74) is 6.60. The maximum Gasteiger partial charge on any atom is 0.292 e. The van der Waals surface area contributed by atoms with Gasteiger partial charge < -0.3 is 15.2 Å². The minimum atomic E-state index is -0.472. The third-order valence-corrected chi connectivity index (χ3v) is 3.76. The number of nitrogens with zero attached hydrogens (tertiary/aromatic N) is 1. The average molecular weight is 280 g/mol. The van der Waals surface area contributed by atoms with Crippen LogP contribution in [0.3, 0.4) is 0 Å². The highest BCUT2D eigenvalue weighted by atomic mass is 16.6. The maximum atomic E-state index is 10.8. The molecule has 0 bridgehead atoms. The molecular formula is C14H20N2O4. The number of rotatable bonds is 5. The van der Waals surface area contributed by atoms with Gasteiger partial charge in [-0.25, -0.2) is 0 Å². The second-order valence-corrected chi connectivity index (χ2v) is 5.06. The summed E-state index contributed by atoms with van der Waals surface area (Å²) in [5.74, 6) is 0. The molecule has 110 valence electrons. The Balaban J connectivity index is 1.97. The fourth-order valence-corrected chi connectivity index (χ4v) is 2.56. The van der Waals surface area contributed by atoms with E-state index >= 15 is 0 Å². The molecule has 0 amide bonds. The minimum Gasteiger partial charge on any atom is -0.393 e. The number of methoxy groups -OCH3 is 1. The molecule has 2 unspecified atom stereocenters. The minimum absolute atomic E-state index is 0.0653. The van der Waals surface area contributed by atoms with E-state index < -0.39 is 4.92 Å². The number of anilines is 1. The quantitative estimate of drug-likeness (QED) is 0.509. The topological polar surface area (TPSA) is 87.6 Å². The Hall–Kier alpha value is -1.66. The van der Waals surface area contributed by atoms with Crippen LogP contribution >= 0.6 is 0 Å². The first-order chi connectivity index (χ1) is 9.61. The maximum absolute atomic E-state index is 10.8. The average Bonchev–Trinajstić information content (AvgIpc) is 2.46. The van der Waals surface area contributed by atoms with Gasteiger partial charge >= 0.3 is 0 Å². The summed E-state index contributed by atoms with van der Waals surface area (Å²) in [5, 5.41) is 10.8. The van der Waals surface area contributed by atoms with Gasteiger partial charge in [-0.2, -0.15) is 0 Å². The number of nitro benzene ring substituents is 1. The van der Waals surface area contributed by atoms with Gasteiger partial charge in [-0.1, -0.05) is 12.1 Å². The fraction of sp³-hybridized carbons (Fsp3) is 0.571. The van der Waals surface area contributed by atoms with Crippen molar-refractivity contribution < 1.29 is 14.4 Å². The number of nitro groups is 1. The molecule has 0 saturated heterocycles. The highest BCUT2D eigenvalue weighted by molar-refractivity contribution is 5.62. The van der Waals surface area contributed by atoms with Gasteiger partial charge in [0.15, 0.2) is 0 Å². The Morgan fingerprint density at radius 2 is 2.15 bits per heavy atom. The molecule has 0 aromatic heterocycles. The van der Waals surface area contributed by atoms with Crippen molar-refractivity contribution in [2.45, 2.75) is 44.5 Å². The highest BCUT2D eigenvalue weighted by Gasteiger charge is 2.23. The van der Waals surface area contributed by atoms with Crippen LogP contribution in [-0.2, 0) is 16.1 Å². The number of para-hydroxylation sites is 1. The summed E-state index contributed by atoms with van der Waals surface area (Å²) in [6, 6.07) is 4.80. The lowest BCUT2D eigenvalue weighted by Gasteiger charge is -2.28. The van der Waals surface area contributed by atoms with Gasteiger partial charge in [0.1, 0.15) is 5.69 Å². The number of ether oxygens (including phenoxy) is 2. The lowest BCUT2D eigenvalue weighted by Crippen LogP contribution is -2.27. The van der Waals surface area contributed by atoms with Gasteiger partial charge in [-0.15, -0.1) is 0 Å². The van der Waals surface area contributed by atoms with Crippen molar-refractivity contribution in [3.63, 3.8) is 0 Å². The molecule has 2 atom stereocenters. The fourth-order valence-electron chi connectivity index (χ4n) is 2.56. The van der Waals surface area contributed by atoms with Crippen molar-refractivity contribution in [1.82, 2.24) is 0 Å². The van der Waals surface area contributed by atoms with Crippen molar-refractivity contribution >= 4 is 11.4 Å². The SMILES string of the molecule is COC1CCCC(OCc2cccc([N+](=O)[O-])c2N)C1. The first-order valence-corrected chi connectivity index (χ1v) is 6.78. The molecule has 0 spiro atoms. The first kappa shape index (κ1) is 14.7. The van der Waals surface area contributed by atoms with Crippen LogP contribution < -0.4 is 5.73 Å². The molecule has 2 rings (SSSR count). The van der Waals surface area contributed by atoms with Gasteiger partial charge in [-0.3, -0.25) is 10.1 Å². The molecule has 0 heterocycles. The number of benzene rings is 1. The van der Waals surface area contributed by atoms with Crippen molar-refractivity contribution in [3.05, 3.63) is 33.9 Å². The van der Waals surface area contributed by atoms with E-state index in [4.69, 9.17) is 15.2 Å². The predicted molar refractivity (Wildman–Crippen MR) is 75.4 cm³/mol. The summed E-state index contributed by atoms with van der Waals surface area (Å²) >= 11 is 0. The van der Waals surface area contributed by atoms with Crippen LogP contribution in [0.1, 0.15) is 31.2 Å². The van der Waals surface area contributed by atoms with Gasteiger partial charge in [-0.05, 0) is 25.7 Å². The Morgan fingerprint density at radius 1 is 1.40 bits per heavy atom. The molecule has 6 nitrogen and oxygen atoms in total. The van der Waals surface area contributed by atoms with E-state index in [0.717, 1.165) is 25.7 Å². The molecule has 1 aromatic carbocycles. The van der Waals surface area contributed by atoms with E-state index in [2.05, 4.69) is 0 Å². The summed E-state index contributed by atoms with van der Waals surface area (Å²) in [6.45, 7) is 0.300. The van der Waals surface area contributed by atoms with Crippen LogP contribution in [0.2, 0.25) is 0 Å². The standard InChI is InChI=1S/C14H20N2O4/c1-19-11-5-3-6-12(8-11)20-9-10-4-2-7-13(14(10)15)16(17)18/h2,4,7,11-12H,3,5-6,8-9,15H2,1H3. The van der Waals surface area contributed by atoms with E-state index in [0.29, 0.717) is 12.2 Å². The summed E-state index contributed by atoms with van der Waals surface area (Å²) < 4.78 is 11.2. The van der Waals surface area contributed by atoms with E-state index in [9.17, 15) is 10.1 Å². The van der Waals surface area contributed by atoms with E-state index in [1.54, 1.807) is 19.2 Å². The third kappa shape index (κ3) is 3.46. The number of hydrogen-bond acceptors (Lipinski definition) is 5. The lowest BCUT2D eigenvalue weighted by atomic mass is 9.95. The van der Waals surface area contributed by atoms with Gasteiger partial charge in [0.05, 0.1) is 23.7 Å². The summed E-state index contributed by atoms with van der Waals surface area (Å²) in [6.07, 6.45) is 4.38. The normalized spacial score (nSPS) is 22.6. The zero-order valence-corrected chi connectivity index (χ0v) is 11.6. The van der Waals surface area contributed by atoms with Gasteiger partial charge in [0, 0.05) is 18.7 Å². The van der Waals surface area contributed by atoms with Crippen molar-refractivity contribution in [2.75, 3.05) is 12.8 Å². The Labute approximate surface area is 118 Å². The molecule has 20 heavy (non-hydrogen) atoms. The third-order valence-electron chi connectivity index (χ3n) is 3.76. The lowest BCUT2D eigenvalue weighted by molar-refractivity contribution is -0.384. The van der Waals surface area contributed by atoms with Crippen LogP contribution in [0.4, 0.5) is 11.4 Å². The van der Waals surface area contributed by atoms with Crippen molar-refractivity contribution in [3.8, 4) is 0 Å². The smallest absolute Gasteiger partial charge is 0.292 e. The number of nitrogens with two attached hydrogens (primary N) is 1. The molecule has 6 heteroatoms. The Bertz CT molecular complexity index is 478. The van der Waals surface area contributed by atoms with E-state index in [1.165, 1.54) is 6.07 Å². The molecular weight excluding hydrogens is 260 g/mol. The van der Waals surface area contributed by atoms with Crippen molar-refractivity contribution in [1.29, 1.82) is 0 Å². The van der Waals surface area contributed by atoms with E-state index in [-0.39, 0.29) is 23.6 Å². The number of nitrogen functional groups attached to an aromatic ring is 1. The van der Waals surface area contributed by atoms with Crippen LogP contribution in [0, 0.1) is 10.1 Å². The Kier molecular flexibility index (Phi) is 4.92. The second kappa shape index (κ2) is 6.67. The van der Waals surface area contributed by atoms with Crippen LogP contribution in [0.5, 0.6) is 0 Å². The monoisotopic (exact) mass is 280 g/mol.